The van der Waals surface area contributed by atoms with Gasteiger partial charge < -0.3 is 10.0 Å². The molecule has 1 rings (SSSR count). The Morgan fingerprint density at radius 2 is 2.13 bits per heavy atom. The molecule has 0 atom stereocenters. The highest BCUT2D eigenvalue weighted by Crippen LogP contribution is 2.15. The highest BCUT2D eigenvalue weighted by molar-refractivity contribution is 5.82. The van der Waals surface area contributed by atoms with Crippen molar-refractivity contribution in [2.45, 2.75) is 6.92 Å². The number of aliphatic imine (C=N–C) groups is 1. The topological polar surface area (TPSA) is 35.8 Å². The summed E-state index contributed by atoms with van der Waals surface area (Å²) in [4.78, 5) is 6.18. The monoisotopic (exact) mass is 206 g/mol. The third-order valence-corrected chi connectivity index (χ3v) is 2.23. The van der Waals surface area contributed by atoms with E-state index in [0.29, 0.717) is 6.54 Å². The number of aryl methyl sites for hydroxylation is 1. The Labute approximate surface area is 91.1 Å². The summed E-state index contributed by atoms with van der Waals surface area (Å²) in [5.41, 5.74) is 3.49. The van der Waals surface area contributed by atoms with E-state index in [2.05, 4.69) is 28.9 Å². The Hall–Kier alpha value is -1.35. The van der Waals surface area contributed by atoms with Crippen molar-refractivity contribution in [2.75, 3.05) is 32.1 Å². The lowest BCUT2D eigenvalue weighted by Crippen LogP contribution is -2.08. The van der Waals surface area contributed by atoms with Gasteiger partial charge >= 0.3 is 0 Å². The second-order valence-corrected chi connectivity index (χ2v) is 3.69. The van der Waals surface area contributed by atoms with Crippen LogP contribution < -0.4 is 4.90 Å². The summed E-state index contributed by atoms with van der Waals surface area (Å²) in [7, 11) is 4.04. The van der Waals surface area contributed by atoms with Crippen molar-refractivity contribution in [2.24, 2.45) is 4.99 Å². The lowest BCUT2D eigenvalue weighted by Gasteiger charge is -2.13. The molecule has 0 amide bonds. The predicted molar refractivity (Wildman–Crippen MR) is 65.1 cm³/mol. The molecule has 1 aromatic rings. The SMILES string of the molecule is Cc1cc(N(C)C)ccc1C=NCCO. The zero-order chi connectivity index (χ0) is 11.3. The van der Waals surface area contributed by atoms with Crippen LogP contribution in [-0.2, 0) is 0 Å². The summed E-state index contributed by atoms with van der Waals surface area (Å²) in [6, 6.07) is 6.24. The fraction of sp³-hybridized carbons (Fsp3) is 0.417. The minimum absolute atomic E-state index is 0.103. The Morgan fingerprint density at radius 3 is 2.67 bits per heavy atom. The molecule has 3 heteroatoms. The summed E-state index contributed by atoms with van der Waals surface area (Å²) in [5.74, 6) is 0. The minimum Gasteiger partial charge on any atom is -0.394 e. The van der Waals surface area contributed by atoms with Gasteiger partial charge in [0.2, 0.25) is 0 Å². The van der Waals surface area contributed by atoms with Gasteiger partial charge in [0.25, 0.3) is 0 Å². The molecule has 0 aromatic heterocycles. The van der Waals surface area contributed by atoms with Crippen molar-refractivity contribution in [3.8, 4) is 0 Å². The fourth-order valence-corrected chi connectivity index (χ4v) is 1.30. The Morgan fingerprint density at radius 1 is 1.40 bits per heavy atom. The normalized spacial score (nSPS) is 10.9. The molecule has 1 N–H and O–H groups in total. The van der Waals surface area contributed by atoms with Crippen LogP contribution in [0.2, 0.25) is 0 Å². The third-order valence-electron chi connectivity index (χ3n) is 2.23. The van der Waals surface area contributed by atoms with Gasteiger partial charge in [0.05, 0.1) is 13.2 Å². The van der Waals surface area contributed by atoms with Gasteiger partial charge in [0, 0.05) is 26.0 Å². The standard InChI is InChI=1S/C12H18N2O/c1-10-8-12(14(2)3)5-4-11(10)9-13-6-7-15/h4-5,8-9,15H,6-7H2,1-3H3. The number of hydrogen-bond acceptors (Lipinski definition) is 3. The molecule has 0 saturated heterocycles. The zero-order valence-corrected chi connectivity index (χ0v) is 9.57. The number of anilines is 1. The lowest BCUT2D eigenvalue weighted by molar-refractivity contribution is 0.307. The molecule has 0 fully saturated rings. The average molecular weight is 206 g/mol. The molecule has 0 unspecified atom stereocenters. The van der Waals surface area contributed by atoms with E-state index in [4.69, 9.17) is 5.11 Å². The molecule has 0 aliphatic rings. The Kier molecular flexibility index (Phi) is 4.31. The molecule has 0 radical (unpaired) electrons. The van der Waals surface area contributed by atoms with Crippen molar-refractivity contribution in [3.63, 3.8) is 0 Å². The summed E-state index contributed by atoms with van der Waals surface area (Å²) < 4.78 is 0. The van der Waals surface area contributed by atoms with Crippen LogP contribution in [0.5, 0.6) is 0 Å². The number of aliphatic hydroxyl groups excluding tert-OH is 1. The van der Waals surface area contributed by atoms with Gasteiger partial charge in [-0.25, -0.2) is 0 Å². The number of aliphatic hydroxyl groups is 1. The van der Waals surface area contributed by atoms with Crippen LogP contribution in [0.1, 0.15) is 11.1 Å². The lowest BCUT2D eigenvalue weighted by atomic mass is 10.1. The Balaban J connectivity index is 2.83. The molecule has 1 aromatic carbocycles. The molecule has 0 aliphatic heterocycles. The molecule has 0 heterocycles. The van der Waals surface area contributed by atoms with E-state index in [1.165, 1.54) is 11.3 Å². The molecule has 0 spiro atoms. The van der Waals surface area contributed by atoms with Gasteiger partial charge in [-0.3, -0.25) is 4.99 Å². The Bertz CT molecular complexity index is 345. The van der Waals surface area contributed by atoms with Crippen molar-refractivity contribution in [1.29, 1.82) is 0 Å². The van der Waals surface area contributed by atoms with Gasteiger partial charge in [-0.1, -0.05) is 6.07 Å². The van der Waals surface area contributed by atoms with Crippen molar-refractivity contribution < 1.29 is 5.11 Å². The van der Waals surface area contributed by atoms with E-state index in [1.807, 2.05) is 26.4 Å². The third kappa shape index (κ3) is 3.36. The average Bonchev–Trinajstić information content (AvgIpc) is 2.20. The van der Waals surface area contributed by atoms with E-state index < -0.39 is 0 Å². The molecule has 0 saturated carbocycles. The molecule has 82 valence electrons. The first-order valence-corrected chi connectivity index (χ1v) is 5.04. The maximum Gasteiger partial charge on any atom is 0.0626 e. The number of nitrogens with zero attached hydrogens (tertiary/aromatic N) is 2. The van der Waals surface area contributed by atoms with Crippen LogP contribution in [0.3, 0.4) is 0 Å². The molecule has 0 aliphatic carbocycles. The van der Waals surface area contributed by atoms with Crippen molar-refractivity contribution >= 4 is 11.9 Å². The van der Waals surface area contributed by atoms with Gasteiger partial charge in [-0.15, -0.1) is 0 Å². The maximum absolute atomic E-state index is 8.61. The first-order valence-electron chi connectivity index (χ1n) is 5.04. The first kappa shape index (κ1) is 11.7. The quantitative estimate of drug-likeness (QED) is 0.757. The van der Waals surface area contributed by atoms with Gasteiger partial charge in [-0.2, -0.15) is 0 Å². The number of hydrogen-bond donors (Lipinski definition) is 1. The summed E-state index contributed by atoms with van der Waals surface area (Å²) >= 11 is 0. The van der Waals surface area contributed by atoms with E-state index in [-0.39, 0.29) is 6.61 Å². The second kappa shape index (κ2) is 5.51. The minimum atomic E-state index is 0.103. The molecule has 3 nitrogen and oxygen atoms in total. The molecule has 0 bridgehead atoms. The van der Waals surface area contributed by atoms with Crippen LogP contribution in [0.15, 0.2) is 23.2 Å². The van der Waals surface area contributed by atoms with Crippen LogP contribution in [0.4, 0.5) is 5.69 Å². The molecular weight excluding hydrogens is 188 g/mol. The van der Waals surface area contributed by atoms with E-state index >= 15 is 0 Å². The fourth-order valence-electron chi connectivity index (χ4n) is 1.30. The number of rotatable bonds is 4. The van der Waals surface area contributed by atoms with E-state index in [0.717, 1.165) is 5.56 Å². The van der Waals surface area contributed by atoms with Crippen molar-refractivity contribution in [3.05, 3.63) is 29.3 Å². The van der Waals surface area contributed by atoms with Gasteiger partial charge in [0.15, 0.2) is 0 Å². The van der Waals surface area contributed by atoms with Crippen molar-refractivity contribution in [1.82, 2.24) is 0 Å². The maximum atomic E-state index is 8.61. The first-order chi connectivity index (χ1) is 7.15. The largest absolute Gasteiger partial charge is 0.394 e. The van der Waals surface area contributed by atoms with E-state index in [1.54, 1.807) is 0 Å². The summed E-state index contributed by atoms with van der Waals surface area (Å²) in [5, 5.41) is 8.61. The predicted octanol–water partition coefficient (Wildman–Crippen LogP) is 1.47. The smallest absolute Gasteiger partial charge is 0.0626 e. The van der Waals surface area contributed by atoms with Crippen LogP contribution in [0, 0.1) is 6.92 Å². The number of benzene rings is 1. The van der Waals surface area contributed by atoms with Gasteiger partial charge in [0.1, 0.15) is 0 Å². The van der Waals surface area contributed by atoms with Crippen LogP contribution >= 0.6 is 0 Å². The van der Waals surface area contributed by atoms with E-state index in [9.17, 15) is 0 Å². The van der Waals surface area contributed by atoms with Gasteiger partial charge in [-0.05, 0) is 30.2 Å². The summed E-state index contributed by atoms with van der Waals surface area (Å²) in [6.45, 7) is 2.63. The van der Waals surface area contributed by atoms with Crippen LogP contribution in [0.25, 0.3) is 0 Å². The zero-order valence-electron chi connectivity index (χ0n) is 9.57. The summed E-state index contributed by atoms with van der Waals surface area (Å²) in [6.07, 6.45) is 1.81. The second-order valence-electron chi connectivity index (χ2n) is 3.69. The highest BCUT2D eigenvalue weighted by Gasteiger charge is 1.98. The highest BCUT2D eigenvalue weighted by atomic mass is 16.3. The van der Waals surface area contributed by atoms with Crippen LogP contribution in [-0.4, -0.2) is 38.6 Å². The molecular formula is C12H18N2O. The molecule has 15 heavy (non-hydrogen) atoms.